The van der Waals surface area contributed by atoms with Gasteiger partial charge in [0.2, 0.25) is 0 Å². The zero-order valence-corrected chi connectivity index (χ0v) is 10.7. The summed E-state index contributed by atoms with van der Waals surface area (Å²) >= 11 is 3.37. The number of benzene rings is 1. The van der Waals surface area contributed by atoms with Crippen LogP contribution >= 0.6 is 15.9 Å². The third-order valence-electron chi connectivity index (χ3n) is 2.19. The lowest BCUT2D eigenvalue weighted by Crippen LogP contribution is -1.97. The van der Waals surface area contributed by atoms with Crippen LogP contribution in [0.3, 0.4) is 0 Å². The van der Waals surface area contributed by atoms with Crippen LogP contribution in [0.15, 0.2) is 22.7 Å². The van der Waals surface area contributed by atoms with Crippen LogP contribution in [0.1, 0.15) is 12.1 Å². The van der Waals surface area contributed by atoms with Crippen molar-refractivity contribution in [3.05, 3.63) is 28.4 Å². The molecule has 1 heterocycles. The minimum atomic E-state index is -0.343. The molecule has 0 spiro atoms. The van der Waals surface area contributed by atoms with Gasteiger partial charge in [0, 0.05) is 9.86 Å². The summed E-state index contributed by atoms with van der Waals surface area (Å²) < 4.78 is 5.46. The predicted octanol–water partition coefficient (Wildman–Crippen LogP) is 2.24. The van der Waals surface area contributed by atoms with Gasteiger partial charge in [0.25, 0.3) is 0 Å². The maximum atomic E-state index is 10.9. The molecule has 0 aliphatic carbocycles. The number of carbonyl (C=O) groups is 1. The topological polar surface area (TPSA) is 55.0 Å². The third-order valence-corrected chi connectivity index (χ3v) is 2.68. The Morgan fingerprint density at radius 1 is 1.59 bits per heavy atom. The van der Waals surface area contributed by atoms with Crippen molar-refractivity contribution in [2.75, 3.05) is 7.11 Å². The van der Waals surface area contributed by atoms with Crippen molar-refractivity contribution in [2.45, 2.75) is 6.42 Å². The van der Waals surface area contributed by atoms with Crippen molar-refractivity contribution < 1.29 is 9.53 Å². The summed E-state index contributed by atoms with van der Waals surface area (Å²) in [6.07, 6.45) is 0.0769. The van der Waals surface area contributed by atoms with E-state index in [1.54, 1.807) is 0 Å². The van der Waals surface area contributed by atoms with Crippen LogP contribution in [0.2, 0.25) is 0 Å². The third kappa shape index (κ3) is 2.66. The number of halogens is 1. The second-order valence-electron chi connectivity index (χ2n) is 3.31. The number of aromatic nitrogens is 2. The number of hydrogen-bond acceptors (Lipinski definition) is 3. The average Bonchev–Trinajstić information content (AvgIpc) is 2.71. The van der Waals surface area contributed by atoms with Gasteiger partial charge < -0.3 is 4.74 Å². The maximum absolute atomic E-state index is 10.9. The molecule has 0 radical (unpaired) electrons. The van der Waals surface area contributed by atoms with Crippen LogP contribution in [-0.4, -0.2) is 23.3 Å². The molecule has 0 atom stereocenters. The summed E-state index contributed by atoms with van der Waals surface area (Å²) in [5, 5.41) is 7.90. The zero-order chi connectivity index (χ0) is 12.3. The SMILES string of the molecule is COC(=O)CC#Cc1[nH]nc2cc(Br)ccc12. The van der Waals surface area contributed by atoms with Crippen molar-refractivity contribution >= 4 is 32.8 Å². The smallest absolute Gasteiger partial charge is 0.317 e. The first kappa shape index (κ1) is 11.7. The van der Waals surface area contributed by atoms with E-state index >= 15 is 0 Å². The summed E-state index contributed by atoms with van der Waals surface area (Å²) in [5.41, 5.74) is 1.54. The lowest BCUT2D eigenvalue weighted by atomic mass is 10.2. The molecule has 0 amide bonds. The molecule has 0 bridgehead atoms. The van der Waals surface area contributed by atoms with Crippen molar-refractivity contribution in [3.8, 4) is 11.8 Å². The fourth-order valence-electron chi connectivity index (χ4n) is 1.36. The Morgan fingerprint density at radius 2 is 2.41 bits per heavy atom. The van der Waals surface area contributed by atoms with Gasteiger partial charge in [0.15, 0.2) is 0 Å². The number of hydrogen-bond donors (Lipinski definition) is 1. The molecule has 0 aliphatic rings. The minimum absolute atomic E-state index is 0.0769. The molecular formula is C12H9BrN2O2. The maximum Gasteiger partial charge on any atom is 0.317 e. The molecule has 0 fully saturated rings. The van der Waals surface area contributed by atoms with E-state index in [9.17, 15) is 4.79 Å². The van der Waals surface area contributed by atoms with E-state index in [4.69, 9.17) is 0 Å². The highest BCUT2D eigenvalue weighted by Gasteiger charge is 2.03. The molecule has 17 heavy (non-hydrogen) atoms. The average molecular weight is 293 g/mol. The number of H-pyrrole nitrogens is 1. The van der Waals surface area contributed by atoms with Crippen LogP contribution in [0, 0.1) is 11.8 Å². The van der Waals surface area contributed by atoms with E-state index in [0.717, 1.165) is 15.4 Å². The molecule has 0 saturated carbocycles. The zero-order valence-electron chi connectivity index (χ0n) is 9.08. The lowest BCUT2D eigenvalue weighted by molar-refractivity contribution is -0.139. The van der Waals surface area contributed by atoms with E-state index in [1.807, 2.05) is 18.2 Å². The quantitative estimate of drug-likeness (QED) is 0.648. The number of methoxy groups -OCH3 is 1. The van der Waals surface area contributed by atoms with Crippen LogP contribution in [0.4, 0.5) is 0 Å². The first-order valence-corrected chi connectivity index (χ1v) is 5.69. The van der Waals surface area contributed by atoms with E-state index < -0.39 is 0 Å². The van der Waals surface area contributed by atoms with Gasteiger partial charge >= 0.3 is 5.97 Å². The summed E-state index contributed by atoms with van der Waals surface area (Å²) in [5.74, 6) is 5.26. The number of aromatic amines is 1. The molecule has 86 valence electrons. The van der Waals surface area contributed by atoms with Crippen molar-refractivity contribution in [1.29, 1.82) is 0 Å². The Balaban J connectivity index is 2.28. The molecule has 0 unspecified atom stereocenters. The second kappa shape index (κ2) is 5.02. The lowest BCUT2D eigenvalue weighted by Gasteiger charge is -1.90. The first-order valence-electron chi connectivity index (χ1n) is 4.90. The molecule has 2 aromatic rings. The van der Waals surface area contributed by atoms with E-state index in [2.05, 4.69) is 42.7 Å². The molecule has 5 heteroatoms. The highest BCUT2D eigenvalue weighted by atomic mass is 79.9. The Kier molecular flexibility index (Phi) is 3.45. The van der Waals surface area contributed by atoms with Gasteiger partial charge in [-0.2, -0.15) is 5.10 Å². The van der Waals surface area contributed by atoms with E-state index in [1.165, 1.54) is 7.11 Å². The minimum Gasteiger partial charge on any atom is -0.468 e. The number of carbonyl (C=O) groups excluding carboxylic acids is 1. The Bertz CT molecular complexity index is 622. The van der Waals surface area contributed by atoms with Gasteiger partial charge in [-0.1, -0.05) is 21.9 Å². The molecule has 0 saturated heterocycles. The summed E-state index contributed by atoms with van der Waals surface area (Å²) in [6.45, 7) is 0. The molecule has 1 aromatic heterocycles. The molecule has 2 rings (SSSR count). The number of esters is 1. The van der Waals surface area contributed by atoms with Gasteiger partial charge in [0.05, 0.1) is 12.6 Å². The van der Waals surface area contributed by atoms with Gasteiger partial charge in [-0.25, -0.2) is 0 Å². The number of ether oxygens (including phenoxy) is 1. The Labute approximate surface area is 106 Å². The number of fused-ring (bicyclic) bond motifs is 1. The Hall–Kier alpha value is -1.80. The van der Waals surface area contributed by atoms with Crippen LogP contribution < -0.4 is 0 Å². The summed E-state index contributed by atoms with van der Waals surface area (Å²) in [7, 11) is 1.34. The molecule has 0 aliphatic heterocycles. The van der Waals surface area contributed by atoms with Gasteiger partial charge in [-0.3, -0.25) is 9.89 Å². The molecule has 4 nitrogen and oxygen atoms in total. The van der Waals surface area contributed by atoms with Crippen LogP contribution in [0.25, 0.3) is 10.9 Å². The van der Waals surface area contributed by atoms with Crippen LogP contribution in [0.5, 0.6) is 0 Å². The first-order chi connectivity index (χ1) is 8.20. The van der Waals surface area contributed by atoms with E-state index in [-0.39, 0.29) is 12.4 Å². The van der Waals surface area contributed by atoms with Gasteiger partial charge in [-0.05, 0) is 24.1 Å². The standard InChI is InChI=1S/C12H9BrN2O2/c1-17-12(16)4-2-3-10-9-6-5-8(13)7-11(9)15-14-10/h5-7H,4H2,1H3,(H,14,15). The number of nitrogens with one attached hydrogen (secondary N) is 1. The number of nitrogens with zero attached hydrogens (tertiary/aromatic N) is 1. The van der Waals surface area contributed by atoms with Crippen molar-refractivity contribution in [3.63, 3.8) is 0 Å². The Morgan fingerprint density at radius 3 is 3.18 bits per heavy atom. The second-order valence-corrected chi connectivity index (χ2v) is 4.23. The summed E-state index contributed by atoms with van der Waals surface area (Å²) in [6, 6.07) is 5.74. The highest BCUT2D eigenvalue weighted by molar-refractivity contribution is 9.10. The molecular weight excluding hydrogens is 284 g/mol. The highest BCUT2D eigenvalue weighted by Crippen LogP contribution is 2.19. The summed E-state index contributed by atoms with van der Waals surface area (Å²) in [4.78, 5) is 10.9. The van der Waals surface area contributed by atoms with Crippen molar-refractivity contribution in [2.24, 2.45) is 0 Å². The fraction of sp³-hybridized carbons (Fsp3) is 0.167. The largest absolute Gasteiger partial charge is 0.468 e. The molecule has 1 aromatic carbocycles. The van der Waals surface area contributed by atoms with Crippen LogP contribution in [-0.2, 0) is 9.53 Å². The fourth-order valence-corrected chi connectivity index (χ4v) is 1.71. The normalized spacial score (nSPS) is 9.76. The van der Waals surface area contributed by atoms with Gasteiger partial charge in [-0.15, -0.1) is 0 Å². The van der Waals surface area contributed by atoms with E-state index in [0.29, 0.717) is 5.69 Å². The van der Waals surface area contributed by atoms with Gasteiger partial charge in [0.1, 0.15) is 12.1 Å². The predicted molar refractivity (Wildman–Crippen MR) is 67.3 cm³/mol. The molecule has 1 N–H and O–H groups in total. The number of rotatable bonds is 1. The monoisotopic (exact) mass is 292 g/mol. The van der Waals surface area contributed by atoms with Crippen molar-refractivity contribution in [1.82, 2.24) is 10.2 Å².